The summed E-state index contributed by atoms with van der Waals surface area (Å²) in [5.41, 5.74) is 1.10. The first-order valence-electron chi connectivity index (χ1n) is 13.4. The number of aromatic nitrogens is 1. The highest BCUT2D eigenvalue weighted by Gasteiger charge is 2.33. The lowest BCUT2D eigenvalue weighted by Gasteiger charge is -2.25. The van der Waals surface area contributed by atoms with Gasteiger partial charge in [0.2, 0.25) is 0 Å². The number of para-hydroxylation sites is 1. The maximum atomic E-state index is 13.9. The molecule has 2 aromatic heterocycles. The summed E-state index contributed by atoms with van der Waals surface area (Å²) in [4.78, 5) is 32.6. The van der Waals surface area contributed by atoms with Crippen LogP contribution in [0.1, 0.15) is 29.9 Å². The zero-order valence-corrected chi connectivity index (χ0v) is 24.2. The molecule has 5 aromatic rings. The molecule has 3 heterocycles. The summed E-state index contributed by atoms with van der Waals surface area (Å²) in [7, 11) is 1.55. The van der Waals surface area contributed by atoms with Crippen LogP contribution in [0, 0.1) is 0 Å². The molecular formula is C33H24F3N3O4S. The van der Waals surface area contributed by atoms with E-state index < -0.39 is 29.2 Å². The molecule has 44 heavy (non-hydrogen) atoms. The molecule has 1 N–H and O–H groups in total. The number of ether oxygens (including phenoxy) is 1. The van der Waals surface area contributed by atoms with Crippen molar-refractivity contribution in [1.82, 2.24) is 4.57 Å². The molecule has 0 unspecified atom stereocenters. The van der Waals surface area contributed by atoms with E-state index in [1.54, 1.807) is 74.7 Å². The van der Waals surface area contributed by atoms with Gasteiger partial charge in [-0.05, 0) is 61.0 Å². The maximum absolute atomic E-state index is 13.9. The summed E-state index contributed by atoms with van der Waals surface area (Å²) < 4.78 is 52.6. The first kappa shape index (κ1) is 28.9. The topological polar surface area (TPSA) is 85.8 Å². The Hall–Kier alpha value is -5.16. The molecule has 11 heteroatoms. The lowest BCUT2D eigenvalue weighted by molar-refractivity contribution is -0.137. The number of nitrogens with zero attached hydrogens (tertiary/aromatic N) is 2. The van der Waals surface area contributed by atoms with Crippen molar-refractivity contribution in [3.8, 4) is 17.1 Å². The smallest absolute Gasteiger partial charge is 0.416 e. The summed E-state index contributed by atoms with van der Waals surface area (Å²) in [6.07, 6.45) is -2.97. The van der Waals surface area contributed by atoms with Crippen molar-refractivity contribution in [1.29, 1.82) is 0 Å². The van der Waals surface area contributed by atoms with Crippen LogP contribution in [0.25, 0.3) is 17.4 Å². The van der Waals surface area contributed by atoms with Gasteiger partial charge in [0.05, 0.1) is 34.5 Å². The van der Waals surface area contributed by atoms with Crippen LogP contribution >= 0.6 is 11.3 Å². The van der Waals surface area contributed by atoms with Gasteiger partial charge in [0.25, 0.3) is 11.5 Å². The van der Waals surface area contributed by atoms with Gasteiger partial charge >= 0.3 is 6.18 Å². The molecule has 0 aliphatic carbocycles. The molecule has 0 spiro atoms. The van der Waals surface area contributed by atoms with E-state index in [9.17, 15) is 22.8 Å². The molecule has 1 atom stereocenters. The number of carbonyl (C=O) groups is 1. The highest BCUT2D eigenvalue weighted by molar-refractivity contribution is 7.07. The standard InChI is InChI=1S/C33H24F3N3O4S/c1-19-28(30(40)38-23-9-4-3-5-10-23)29(20-11-13-24(42-2)14-12-20)39-31(41)27(44-32(39)37-19)18-25-15-16-26(43-25)21-7-6-8-22(17-21)33(34,35)36/h3-18,29H,1-2H3,(H,38,40)/b27-18+/t29-/m1/s1. The fourth-order valence-corrected chi connectivity index (χ4v) is 6.02. The highest BCUT2D eigenvalue weighted by Crippen LogP contribution is 2.34. The largest absolute Gasteiger partial charge is 0.497 e. The van der Waals surface area contributed by atoms with Crippen LogP contribution in [-0.4, -0.2) is 17.6 Å². The number of allylic oxidation sites excluding steroid dienone is 1. The van der Waals surface area contributed by atoms with Gasteiger partial charge in [-0.15, -0.1) is 0 Å². The molecule has 0 saturated carbocycles. The number of benzene rings is 3. The number of furan rings is 1. The summed E-state index contributed by atoms with van der Waals surface area (Å²) >= 11 is 1.12. The number of anilines is 1. The van der Waals surface area contributed by atoms with Crippen LogP contribution < -0.4 is 24.9 Å². The van der Waals surface area contributed by atoms with E-state index in [1.807, 2.05) is 6.07 Å². The quantitative estimate of drug-likeness (QED) is 0.248. The first-order chi connectivity index (χ1) is 21.1. The average Bonchev–Trinajstić information content (AvgIpc) is 3.60. The second-order valence-corrected chi connectivity index (χ2v) is 11.0. The summed E-state index contributed by atoms with van der Waals surface area (Å²) in [6.45, 7) is 1.72. The monoisotopic (exact) mass is 615 g/mol. The van der Waals surface area contributed by atoms with Gasteiger partial charge in [-0.1, -0.05) is 53.8 Å². The van der Waals surface area contributed by atoms with Crippen LogP contribution in [-0.2, 0) is 11.0 Å². The van der Waals surface area contributed by atoms with Crippen molar-refractivity contribution in [2.45, 2.75) is 19.1 Å². The minimum atomic E-state index is -4.49. The van der Waals surface area contributed by atoms with Gasteiger partial charge in [-0.3, -0.25) is 14.2 Å². The summed E-state index contributed by atoms with van der Waals surface area (Å²) in [5.74, 6) is 0.722. The second-order valence-electron chi connectivity index (χ2n) is 9.96. The molecule has 0 bridgehead atoms. The van der Waals surface area contributed by atoms with Crippen LogP contribution in [0.5, 0.6) is 5.75 Å². The van der Waals surface area contributed by atoms with Crippen LogP contribution in [0.3, 0.4) is 0 Å². The average molecular weight is 616 g/mol. The Balaban J connectivity index is 1.43. The molecule has 1 aliphatic heterocycles. The number of hydrogen-bond acceptors (Lipinski definition) is 6. The number of alkyl halides is 3. The zero-order chi connectivity index (χ0) is 31.0. The number of halogens is 3. The molecule has 0 fully saturated rings. The molecule has 0 radical (unpaired) electrons. The minimum absolute atomic E-state index is 0.224. The van der Waals surface area contributed by atoms with Crippen molar-refractivity contribution in [3.05, 3.63) is 139 Å². The predicted octanol–water partition coefficient (Wildman–Crippen LogP) is 6.16. The molecule has 1 aliphatic rings. The normalized spacial score (nSPS) is 15.1. The maximum Gasteiger partial charge on any atom is 0.416 e. The Bertz CT molecular complexity index is 2080. The Morgan fingerprint density at radius 2 is 1.77 bits per heavy atom. The lowest BCUT2D eigenvalue weighted by Crippen LogP contribution is -2.40. The van der Waals surface area contributed by atoms with Gasteiger partial charge in [-0.2, -0.15) is 13.2 Å². The number of hydrogen-bond donors (Lipinski definition) is 1. The third-order valence-electron chi connectivity index (χ3n) is 7.10. The van der Waals surface area contributed by atoms with Gasteiger partial charge in [-0.25, -0.2) is 4.99 Å². The van der Waals surface area contributed by atoms with E-state index in [0.29, 0.717) is 33.1 Å². The van der Waals surface area contributed by atoms with Crippen molar-refractivity contribution >= 4 is 29.0 Å². The van der Waals surface area contributed by atoms with E-state index >= 15 is 0 Å². The number of thiazole rings is 1. The number of carbonyl (C=O) groups excluding carboxylic acids is 1. The van der Waals surface area contributed by atoms with E-state index in [0.717, 1.165) is 23.5 Å². The molecular weight excluding hydrogens is 591 g/mol. The van der Waals surface area contributed by atoms with E-state index in [1.165, 1.54) is 22.8 Å². The molecule has 0 saturated heterocycles. The minimum Gasteiger partial charge on any atom is -0.497 e. The van der Waals surface area contributed by atoms with Crippen molar-refractivity contribution in [3.63, 3.8) is 0 Å². The Morgan fingerprint density at radius 3 is 2.48 bits per heavy atom. The molecule has 7 nitrogen and oxygen atoms in total. The van der Waals surface area contributed by atoms with Gasteiger partial charge in [0.1, 0.15) is 17.3 Å². The number of fused-ring (bicyclic) bond motifs is 1. The summed E-state index contributed by atoms with van der Waals surface area (Å²) in [6, 6.07) is 23.3. The third-order valence-corrected chi connectivity index (χ3v) is 8.09. The Labute approximate surface area is 252 Å². The van der Waals surface area contributed by atoms with Crippen LogP contribution in [0.4, 0.5) is 18.9 Å². The van der Waals surface area contributed by atoms with E-state index in [2.05, 4.69) is 10.3 Å². The molecule has 6 rings (SSSR count). The Kier molecular flexibility index (Phi) is 7.56. The fraction of sp³-hybridized carbons (Fsp3) is 0.121. The summed E-state index contributed by atoms with van der Waals surface area (Å²) in [5, 5.41) is 2.91. The molecule has 1 amide bonds. The highest BCUT2D eigenvalue weighted by atomic mass is 32.1. The SMILES string of the molecule is COc1ccc([C@@H]2C(C(=O)Nc3ccccc3)=C(C)N=c3s/c(=C/c4ccc(-c5cccc(C(F)(F)F)c5)o4)c(=O)n32)cc1. The lowest BCUT2D eigenvalue weighted by atomic mass is 9.95. The van der Waals surface area contributed by atoms with E-state index in [-0.39, 0.29) is 21.6 Å². The Morgan fingerprint density at radius 1 is 1.02 bits per heavy atom. The van der Waals surface area contributed by atoms with Crippen LogP contribution in [0.15, 0.2) is 116 Å². The van der Waals surface area contributed by atoms with Crippen molar-refractivity contribution < 1.29 is 27.1 Å². The van der Waals surface area contributed by atoms with Crippen molar-refractivity contribution in [2.24, 2.45) is 4.99 Å². The van der Waals surface area contributed by atoms with Gasteiger partial charge < -0.3 is 14.5 Å². The van der Waals surface area contributed by atoms with E-state index in [4.69, 9.17) is 9.15 Å². The second kappa shape index (κ2) is 11.5. The fourth-order valence-electron chi connectivity index (χ4n) is 5.00. The number of nitrogens with one attached hydrogen (secondary N) is 1. The predicted molar refractivity (Wildman–Crippen MR) is 161 cm³/mol. The van der Waals surface area contributed by atoms with Crippen molar-refractivity contribution in [2.75, 3.05) is 12.4 Å². The first-order valence-corrected chi connectivity index (χ1v) is 14.2. The third kappa shape index (κ3) is 5.61. The zero-order valence-electron chi connectivity index (χ0n) is 23.4. The van der Waals surface area contributed by atoms with Gasteiger partial charge in [0.15, 0.2) is 4.80 Å². The van der Waals surface area contributed by atoms with Gasteiger partial charge in [0, 0.05) is 17.3 Å². The number of amides is 1. The molecule has 3 aromatic carbocycles. The van der Waals surface area contributed by atoms with Crippen LogP contribution in [0.2, 0.25) is 0 Å². The number of rotatable bonds is 6. The molecule has 222 valence electrons. The number of methoxy groups -OCH3 is 1.